The van der Waals surface area contributed by atoms with E-state index in [0.29, 0.717) is 0 Å². The molecular formula is C9H8BrClO4S. The number of halogens is 2. The van der Waals surface area contributed by atoms with Crippen LogP contribution < -0.4 is 0 Å². The molecule has 1 aromatic carbocycles. The Kier molecular flexibility index (Phi) is 3.98. The molecule has 0 saturated heterocycles. The molecule has 0 aliphatic carbocycles. The van der Waals surface area contributed by atoms with E-state index >= 15 is 0 Å². The number of rotatable bonds is 2. The SMILES string of the molecule is COC(=O)c1ccc(S(C)(=O)=O)c(Cl)c1Br. The van der Waals surface area contributed by atoms with Crippen molar-refractivity contribution in [3.05, 3.63) is 27.2 Å². The first-order valence-corrected chi connectivity index (χ1v) is 7.11. The summed E-state index contributed by atoms with van der Waals surface area (Å²) in [5.74, 6) is -0.589. The molecule has 0 atom stereocenters. The first-order valence-electron chi connectivity index (χ1n) is 4.05. The van der Waals surface area contributed by atoms with Crippen molar-refractivity contribution in [1.29, 1.82) is 0 Å². The molecule has 4 nitrogen and oxygen atoms in total. The summed E-state index contributed by atoms with van der Waals surface area (Å²) >= 11 is 8.92. The van der Waals surface area contributed by atoms with Crippen LogP contribution >= 0.6 is 27.5 Å². The first kappa shape index (κ1) is 13.5. The van der Waals surface area contributed by atoms with Gasteiger partial charge in [0.15, 0.2) is 9.84 Å². The van der Waals surface area contributed by atoms with Crippen molar-refractivity contribution in [2.75, 3.05) is 13.4 Å². The van der Waals surface area contributed by atoms with Crippen LogP contribution in [0.15, 0.2) is 21.5 Å². The van der Waals surface area contributed by atoms with Gasteiger partial charge in [0.1, 0.15) is 0 Å². The Labute approximate surface area is 107 Å². The fourth-order valence-corrected chi connectivity index (χ4v) is 3.05. The topological polar surface area (TPSA) is 60.4 Å². The van der Waals surface area contributed by atoms with Gasteiger partial charge in [0.2, 0.25) is 0 Å². The summed E-state index contributed by atoms with van der Waals surface area (Å²) in [6.07, 6.45) is 1.04. The molecule has 1 rings (SSSR count). The van der Waals surface area contributed by atoms with Crippen LogP contribution in [0.5, 0.6) is 0 Å². The van der Waals surface area contributed by atoms with E-state index < -0.39 is 15.8 Å². The van der Waals surface area contributed by atoms with E-state index in [-0.39, 0.29) is 20.0 Å². The Balaban J connectivity index is 3.47. The number of hydrogen-bond acceptors (Lipinski definition) is 4. The number of sulfone groups is 1. The van der Waals surface area contributed by atoms with Gasteiger partial charge < -0.3 is 4.74 Å². The molecule has 0 saturated carbocycles. The van der Waals surface area contributed by atoms with Crippen LogP contribution in [-0.2, 0) is 14.6 Å². The van der Waals surface area contributed by atoms with Gasteiger partial charge in [-0.05, 0) is 28.1 Å². The Bertz CT molecular complexity index is 539. The molecule has 0 aliphatic heterocycles. The maximum absolute atomic E-state index is 11.3. The molecule has 0 aromatic heterocycles. The lowest BCUT2D eigenvalue weighted by atomic mass is 10.2. The number of esters is 1. The molecule has 0 aliphatic rings. The number of benzene rings is 1. The van der Waals surface area contributed by atoms with Gasteiger partial charge in [0.25, 0.3) is 0 Å². The molecule has 7 heteroatoms. The highest BCUT2D eigenvalue weighted by Gasteiger charge is 2.20. The number of hydrogen-bond donors (Lipinski definition) is 0. The standard InChI is InChI=1S/C9H8BrClO4S/c1-15-9(12)5-3-4-6(16(2,13)14)8(11)7(5)10/h3-4H,1-2H3. The minimum absolute atomic E-state index is 0.0228. The second kappa shape index (κ2) is 4.73. The highest BCUT2D eigenvalue weighted by atomic mass is 79.9. The highest BCUT2D eigenvalue weighted by molar-refractivity contribution is 9.10. The van der Waals surface area contributed by atoms with Gasteiger partial charge >= 0.3 is 5.97 Å². The van der Waals surface area contributed by atoms with E-state index in [1.807, 2.05) is 0 Å². The third-order valence-electron chi connectivity index (χ3n) is 1.85. The maximum Gasteiger partial charge on any atom is 0.339 e. The number of carbonyl (C=O) groups excluding carboxylic acids is 1. The van der Waals surface area contributed by atoms with Crippen LogP contribution in [0, 0.1) is 0 Å². The van der Waals surface area contributed by atoms with Crippen molar-refractivity contribution in [3.63, 3.8) is 0 Å². The molecular weight excluding hydrogens is 320 g/mol. The normalized spacial score (nSPS) is 11.2. The van der Waals surface area contributed by atoms with Crippen molar-refractivity contribution >= 4 is 43.3 Å². The average Bonchev–Trinajstić information content (AvgIpc) is 2.19. The van der Waals surface area contributed by atoms with Gasteiger partial charge in [-0.3, -0.25) is 0 Å². The largest absolute Gasteiger partial charge is 0.465 e. The quantitative estimate of drug-likeness (QED) is 0.782. The molecule has 0 bridgehead atoms. The number of ether oxygens (including phenoxy) is 1. The molecule has 88 valence electrons. The lowest BCUT2D eigenvalue weighted by Crippen LogP contribution is -2.05. The summed E-state index contributed by atoms with van der Waals surface area (Å²) in [6, 6.07) is 2.62. The Morgan fingerprint density at radius 3 is 2.44 bits per heavy atom. The molecule has 0 N–H and O–H groups in total. The zero-order valence-corrected chi connectivity index (χ0v) is 11.6. The first-order chi connectivity index (χ1) is 7.29. The Morgan fingerprint density at radius 1 is 1.44 bits per heavy atom. The molecule has 0 unspecified atom stereocenters. The third kappa shape index (κ3) is 2.56. The molecule has 0 heterocycles. The van der Waals surface area contributed by atoms with E-state index in [0.717, 1.165) is 6.26 Å². The monoisotopic (exact) mass is 326 g/mol. The predicted molar refractivity (Wildman–Crippen MR) is 63.6 cm³/mol. The van der Waals surface area contributed by atoms with Crippen LogP contribution in [-0.4, -0.2) is 27.8 Å². The summed E-state index contributed by atoms with van der Waals surface area (Å²) in [5, 5.41) is -0.0228. The molecule has 0 amide bonds. The van der Waals surface area contributed by atoms with E-state index in [2.05, 4.69) is 20.7 Å². The average molecular weight is 328 g/mol. The second-order valence-corrected chi connectivity index (χ2v) is 6.16. The Morgan fingerprint density at radius 2 is 2.00 bits per heavy atom. The minimum Gasteiger partial charge on any atom is -0.465 e. The molecule has 0 spiro atoms. The summed E-state index contributed by atoms with van der Waals surface area (Å²) in [7, 11) is -2.19. The lowest BCUT2D eigenvalue weighted by molar-refractivity contribution is 0.0599. The zero-order valence-electron chi connectivity index (χ0n) is 8.45. The van der Waals surface area contributed by atoms with Gasteiger partial charge in [0.05, 0.1) is 27.1 Å². The molecule has 16 heavy (non-hydrogen) atoms. The van der Waals surface area contributed by atoms with E-state index in [9.17, 15) is 13.2 Å². The highest BCUT2D eigenvalue weighted by Crippen LogP contribution is 2.32. The minimum atomic E-state index is -3.42. The van der Waals surface area contributed by atoms with Gasteiger partial charge in [-0.2, -0.15) is 0 Å². The van der Waals surface area contributed by atoms with Gasteiger partial charge in [-0.25, -0.2) is 13.2 Å². The molecule has 0 radical (unpaired) electrons. The van der Waals surface area contributed by atoms with Gasteiger partial charge in [-0.1, -0.05) is 11.6 Å². The van der Waals surface area contributed by atoms with Gasteiger partial charge in [0, 0.05) is 6.26 Å². The van der Waals surface area contributed by atoms with Crippen LogP contribution in [0.25, 0.3) is 0 Å². The Hall–Kier alpha value is -0.590. The fraction of sp³-hybridized carbons (Fsp3) is 0.222. The zero-order chi connectivity index (χ0) is 12.5. The van der Waals surface area contributed by atoms with Crippen LogP contribution in [0.1, 0.15) is 10.4 Å². The molecule has 1 aromatic rings. The summed E-state index contributed by atoms with van der Waals surface area (Å²) in [4.78, 5) is 11.3. The number of carbonyl (C=O) groups is 1. The van der Waals surface area contributed by atoms with Crippen LogP contribution in [0.4, 0.5) is 0 Å². The predicted octanol–water partition coefficient (Wildman–Crippen LogP) is 2.29. The molecule has 0 fully saturated rings. The van der Waals surface area contributed by atoms with E-state index in [1.165, 1.54) is 19.2 Å². The van der Waals surface area contributed by atoms with Crippen LogP contribution in [0.3, 0.4) is 0 Å². The number of methoxy groups -OCH3 is 1. The van der Waals surface area contributed by atoms with E-state index in [1.54, 1.807) is 0 Å². The van der Waals surface area contributed by atoms with Crippen LogP contribution in [0.2, 0.25) is 5.02 Å². The summed E-state index contributed by atoms with van der Waals surface area (Å²) in [6.45, 7) is 0. The van der Waals surface area contributed by atoms with E-state index in [4.69, 9.17) is 11.6 Å². The maximum atomic E-state index is 11.3. The van der Waals surface area contributed by atoms with Crippen molar-refractivity contribution < 1.29 is 17.9 Å². The van der Waals surface area contributed by atoms with Crippen molar-refractivity contribution in [2.45, 2.75) is 4.90 Å². The van der Waals surface area contributed by atoms with Crippen molar-refractivity contribution in [2.24, 2.45) is 0 Å². The van der Waals surface area contributed by atoms with Crippen molar-refractivity contribution in [3.8, 4) is 0 Å². The second-order valence-electron chi connectivity index (χ2n) is 3.00. The van der Waals surface area contributed by atoms with Gasteiger partial charge in [-0.15, -0.1) is 0 Å². The summed E-state index contributed by atoms with van der Waals surface area (Å²) < 4.78 is 27.4. The summed E-state index contributed by atoms with van der Waals surface area (Å²) in [5.41, 5.74) is 0.180. The van der Waals surface area contributed by atoms with Crippen molar-refractivity contribution in [1.82, 2.24) is 0 Å². The third-order valence-corrected chi connectivity index (χ3v) is 4.55. The fourth-order valence-electron chi connectivity index (χ4n) is 1.09. The smallest absolute Gasteiger partial charge is 0.339 e. The lowest BCUT2D eigenvalue weighted by Gasteiger charge is -2.07.